The van der Waals surface area contributed by atoms with Gasteiger partial charge in [-0.15, -0.1) is 0 Å². The minimum atomic E-state index is -0.514. The van der Waals surface area contributed by atoms with Crippen LogP contribution in [0.15, 0.2) is 30.3 Å². The molecule has 2 rings (SSSR count). The summed E-state index contributed by atoms with van der Waals surface area (Å²) < 4.78 is 18.3. The lowest BCUT2D eigenvalue weighted by atomic mass is 10.2. The van der Waals surface area contributed by atoms with Gasteiger partial charge in [-0.25, -0.2) is 4.39 Å². The molecule has 0 unspecified atom stereocenters. The molecule has 0 radical (unpaired) electrons. The summed E-state index contributed by atoms with van der Waals surface area (Å²) in [6, 6.07) is 7.72. The number of rotatable bonds is 3. The second-order valence-corrected chi connectivity index (χ2v) is 4.64. The maximum atomic E-state index is 13.4. The molecule has 0 aliphatic carbocycles. The Hall–Kier alpha value is -1.65. The Morgan fingerprint density at radius 1 is 1.16 bits per heavy atom. The highest BCUT2D eigenvalue weighted by Crippen LogP contribution is 2.32. The third-order valence-corrected chi connectivity index (χ3v) is 3.26. The van der Waals surface area contributed by atoms with E-state index in [2.05, 4.69) is 5.32 Å². The minimum Gasteiger partial charge on any atom is -0.494 e. The van der Waals surface area contributed by atoms with Crippen LogP contribution in [-0.2, 0) is 0 Å². The Kier molecular flexibility index (Phi) is 4.02. The van der Waals surface area contributed by atoms with Crippen molar-refractivity contribution in [2.24, 2.45) is 0 Å². The summed E-state index contributed by atoms with van der Waals surface area (Å²) >= 11 is 11.7. The number of ether oxygens (including phenoxy) is 1. The van der Waals surface area contributed by atoms with E-state index >= 15 is 0 Å². The normalized spacial score (nSPS) is 10.3. The van der Waals surface area contributed by atoms with Crippen molar-refractivity contribution >= 4 is 40.3 Å². The molecule has 6 heteroatoms. The number of hydrogen-bond donors (Lipinski definition) is 2. The van der Waals surface area contributed by atoms with Crippen LogP contribution >= 0.6 is 23.2 Å². The Morgan fingerprint density at radius 2 is 1.89 bits per heavy atom. The van der Waals surface area contributed by atoms with E-state index in [1.807, 2.05) is 0 Å². The van der Waals surface area contributed by atoms with Gasteiger partial charge in [0.15, 0.2) is 11.6 Å². The quantitative estimate of drug-likeness (QED) is 0.822. The molecule has 0 aliphatic heterocycles. The highest BCUT2D eigenvalue weighted by Gasteiger charge is 2.09. The maximum Gasteiger partial charge on any atom is 0.167 e. The number of benzene rings is 2. The lowest BCUT2D eigenvalue weighted by Crippen LogP contribution is -1.99. The molecule has 0 bridgehead atoms. The van der Waals surface area contributed by atoms with Crippen LogP contribution in [0.2, 0.25) is 10.0 Å². The topological polar surface area (TPSA) is 47.3 Å². The molecular formula is C13H11Cl2FN2O. The van der Waals surface area contributed by atoms with Crippen molar-refractivity contribution in [2.45, 2.75) is 0 Å². The van der Waals surface area contributed by atoms with Crippen LogP contribution in [-0.4, -0.2) is 7.11 Å². The summed E-state index contributed by atoms with van der Waals surface area (Å²) in [5.41, 5.74) is 7.23. The molecule has 0 saturated carbocycles. The van der Waals surface area contributed by atoms with Gasteiger partial charge in [-0.1, -0.05) is 23.2 Å². The molecule has 2 aromatic carbocycles. The van der Waals surface area contributed by atoms with Crippen molar-refractivity contribution in [1.29, 1.82) is 0 Å². The zero-order valence-electron chi connectivity index (χ0n) is 10.0. The highest BCUT2D eigenvalue weighted by molar-refractivity contribution is 6.42. The van der Waals surface area contributed by atoms with Crippen molar-refractivity contribution in [3.05, 3.63) is 46.2 Å². The van der Waals surface area contributed by atoms with E-state index in [-0.39, 0.29) is 11.4 Å². The summed E-state index contributed by atoms with van der Waals surface area (Å²) in [7, 11) is 1.39. The highest BCUT2D eigenvalue weighted by atomic mass is 35.5. The Morgan fingerprint density at radius 3 is 2.53 bits per heavy atom. The van der Waals surface area contributed by atoms with E-state index in [1.165, 1.54) is 19.2 Å². The fraction of sp³-hybridized carbons (Fsp3) is 0.0769. The molecule has 19 heavy (non-hydrogen) atoms. The molecule has 0 heterocycles. The number of hydrogen-bond acceptors (Lipinski definition) is 3. The van der Waals surface area contributed by atoms with Crippen LogP contribution in [0.25, 0.3) is 0 Å². The van der Waals surface area contributed by atoms with Gasteiger partial charge in [0, 0.05) is 17.8 Å². The van der Waals surface area contributed by atoms with Crippen molar-refractivity contribution in [3.63, 3.8) is 0 Å². The Bertz CT molecular complexity index is 620. The molecule has 3 nitrogen and oxygen atoms in total. The van der Waals surface area contributed by atoms with Crippen molar-refractivity contribution in [1.82, 2.24) is 0 Å². The summed E-state index contributed by atoms with van der Waals surface area (Å²) in [5, 5.41) is 3.90. The van der Waals surface area contributed by atoms with Crippen LogP contribution in [0.4, 0.5) is 21.5 Å². The molecule has 2 aromatic rings. The second kappa shape index (κ2) is 5.55. The van der Waals surface area contributed by atoms with E-state index in [4.69, 9.17) is 33.7 Å². The molecule has 3 N–H and O–H groups in total. The minimum absolute atomic E-state index is 0.108. The fourth-order valence-electron chi connectivity index (χ4n) is 1.56. The Labute approximate surface area is 120 Å². The number of nitrogens with two attached hydrogens (primary N) is 1. The van der Waals surface area contributed by atoms with E-state index in [1.54, 1.807) is 18.2 Å². The van der Waals surface area contributed by atoms with Gasteiger partial charge >= 0.3 is 0 Å². The van der Waals surface area contributed by atoms with Crippen LogP contribution in [0.5, 0.6) is 5.75 Å². The number of anilines is 3. The molecule has 0 amide bonds. The summed E-state index contributed by atoms with van der Waals surface area (Å²) in [5.74, 6) is -0.406. The zero-order chi connectivity index (χ0) is 14.0. The first-order valence-electron chi connectivity index (χ1n) is 5.36. The molecule has 100 valence electrons. The maximum absolute atomic E-state index is 13.4. The molecular weight excluding hydrogens is 290 g/mol. The van der Waals surface area contributed by atoms with Gasteiger partial charge < -0.3 is 15.8 Å². The molecule has 0 fully saturated rings. The summed E-state index contributed by atoms with van der Waals surface area (Å²) in [6.07, 6.45) is 0. The number of halogens is 3. The van der Waals surface area contributed by atoms with Crippen LogP contribution < -0.4 is 15.8 Å². The molecule has 0 aliphatic rings. The fourth-order valence-corrected chi connectivity index (χ4v) is 1.86. The van der Waals surface area contributed by atoms with Crippen LogP contribution in [0, 0.1) is 5.82 Å². The van der Waals surface area contributed by atoms with E-state index < -0.39 is 5.82 Å². The molecule has 0 aromatic heterocycles. The van der Waals surface area contributed by atoms with Gasteiger partial charge in [0.05, 0.1) is 28.5 Å². The van der Waals surface area contributed by atoms with Gasteiger partial charge in [0.25, 0.3) is 0 Å². The van der Waals surface area contributed by atoms with Crippen molar-refractivity contribution in [3.8, 4) is 5.75 Å². The van der Waals surface area contributed by atoms with Crippen LogP contribution in [0.3, 0.4) is 0 Å². The van der Waals surface area contributed by atoms with Crippen molar-refractivity contribution < 1.29 is 9.13 Å². The lowest BCUT2D eigenvalue weighted by molar-refractivity contribution is 0.387. The molecule has 0 spiro atoms. The van der Waals surface area contributed by atoms with E-state index in [0.29, 0.717) is 21.4 Å². The van der Waals surface area contributed by atoms with Gasteiger partial charge in [0.1, 0.15) is 0 Å². The van der Waals surface area contributed by atoms with Gasteiger partial charge in [-0.05, 0) is 18.2 Å². The number of nitrogens with one attached hydrogen (secondary N) is 1. The summed E-state index contributed by atoms with van der Waals surface area (Å²) in [6.45, 7) is 0. The second-order valence-electron chi connectivity index (χ2n) is 3.83. The SMILES string of the molecule is COc1cc(Nc2ccc(Cl)c(Cl)c2)c(N)cc1F. The average molecular weight is 301 g/mol. The zero-order valence-corrected chi connectivity index (χ0v) is 11.5. The first-order chi connectivity index (χ1) is 9.01. The summed E-state index contributed by atoms with van der Waals surface area (Å²) in [4.78, 5) is 0. The predicted molar refractivity (Wildman–Crippen MR) is 77.1 cm³/mol. The Balaban J connectivity index is 2.34. The molecule has 0 atom stereocenters. The smallest absolute Gasteiger partial charge is 0.167 e. The largest absolute Gasteiger partial charge is 0.494 e. The third kappa shape index (κ3) is 3.03. The number of nitrogen functional groups attached to an aromatic ring is 1. The van der Waals surface area contributed by atoms with Gasteiger partial charge in [-0.3, -0.25) is 0 Å². The van der Waals surface area contributed by atoms with Gasteiger partial charge in [-0.2, -0.15) is 0 Å². The van der Waals surface area contributed by atoms with E-state index in [0.717, 1.165) is 0 Å². The first-order valence-corrected chi connectivity index (χ1v) is 6.12. The monoisotopic (exact) mass is 300 g/mol. The third-order valence-electron chi connectivity index (χ3n) is 2.52. The van der Waals surface area contributed by atoms with E-state index in [9.17, 15) is 4.39 Å². The standard InChI is InChI=1S/C13H11Cl2FN2O/c1-19-13-6-12(11(17)5-10(13)16)18-7-2-3-8(14)9(15)4-7/h2-6,18H,17H2,1H3. The number of methoxy groups -OCH3 is 1. The predicted octanol–water partition coefficient (Wildman–Crippen LogP) is 4.47. The van der Waals surface area contributed by atoms with Crippen molar-refractivity contribution in [2.75, 3.05) is 18.2 Å². The molecule has 0 saturated heterocycles. The van der Waals surface area contributed by atoms with Crippen LogP contribution in [0.1, 0.15) is 0 Å². The average Bonchev–Trinajstić information content (AvgIpc) is 2.37. The van der Waals surface area contributed by atoms with Gasteiger partial charge in [0.2, 0.25) is 0 Å². The first kappa shape index (κ1) is 13.8. The lowest BCUT2D eigenvalue weighted by Gasteiger charge is -2.12.